The summed E-state index contributed by atoms with van der Waals surface area (Å²) in [6, 6.07) is 0. The Hall–Kier alpha value is -0.850. The van der Waals surface area contributed by atoms with E-state index in [0.29, 0.717) is 17.1 Å². The topological polar surface area (TPSA) is 17.1 Å². The van der Waals surface area contributed by atoms with E-state index in [4.69, 9.17) is 0 Å². The zero-order valence-corrected chi connectivity index (χ0v) is 9.83. The first kappa shape index (κ1) is 9.21. The van der Waals surface area contributed by atoms with Gasteiger partial charge >= 0.3 is 0 Å². The summed E-state index contributed by atoms with van der Waals surface area (Å²) in [7, 11) is 0. The molecule has 84 valence electrons. The first-order chi connectivity index (χ1) is 7.72. The molecule has 1 spiro atoms. The molecule has 0 amide bonds. The fourth-order valence-electron chi connectivity index (χ4n) is 4.94. The van der Waals surface area contributed by atoms with Gasteiger partial charge in [-0.05, 0) is 49.5 Å². The molecule has 1 heteroatoms. The van der Waals surface area contributed by atoms with Gasteiger partial charge in [-0.25, -0.2) is 0 Å². The van der Waals surface area contributed by atoms with Crippen LogP contribution in [-0.2, 0) is 4.79 Å². The van der Waals surface area contributed by atoms with Gasteiger partial charge in [0.2, 0.25) is 0 Å². The number of ketones is 1. The molecular formula is C15H18O. The second-order valence-corrected chi connectivity index (χ2v) is 6.24. The smallest absolute Gasteiger partial charge is 0.162 e. The van der Waals surface area contributed by atoms with Gasteiger partial charge in [-0.3, -0.25) is 4.79 Å². The van der Waals surface area contributed by atoms with Crippen LogP contribution in [-0.4, -0.2) is 5.78 Å². The fraction of sp³-hybridized carbons (Fsp3) is 0.667. The normalized spacial score (nSPS) is 48.8. The standard InChI is InChI=1S/C15H18O/c1-9-7-10-8-15-6-2-3-11(15)4-5-12(15)13(10)14(9)16/h2,6,9,11-12H,3-5,7-8H2,1H3/t9-,11+,12-,15-/m0/s1. The van der Waals surface area contributed by atoms with Crippen molar-refractivity contribution >= 4 is 5.78 Å². The molecule has 4 aliphatic carbocycles. The minimum atomic E-state index is 0.284. The molecule has 0 radical (unpaired) electrons. The molecule has 0 aromatic heterocycles. The summed E-state index contributed by atoms with van der Waals surface area (Å²) in [4.78, 5) is 12.2. The molecule has 0 aliphatic heterocycles. The van der Waals surface area contributed by atoms with E-state index in [0.717, 1.165) is 12.3 Å². The van der Waals surface area contributed by atoms with Crippen LogP contribution in [0.25, 0.3) is 0 Å². The van der Waals surface area contributed by atoms with E-state index < -0.39 is 0 Å². The molecule has 1 saturated carbocycles. The lowest BCUT2D eigenvalue weighted by Gasteiger charge is -2.31. The molecule has 16 heavy (non-hydrogen) atoms. The Balaban J connectivity index is 1.80. The minimum Gasteiger partial charge on any atom is -0.294 e. The lowest BCUT2D eigenvalue weighted by molar-refractivity contribution is -0.118. The summed E-state index contributed by atoms with van der Waals surface area (Å²) in [6.07, 6.45) is 11.0. The molecule has 0 bridgehead atoms. The van der Waals surface area contributed by atoms with E-state index >= 15 is 0 Å². The van der Waals surface area contributed by atoms with Crippen molar-refractivity contribution < 1.29 is 4.79 Å². The van der Waals surface area contributed by atoms with Gasteiger partial charge in [-0.1, -0.05) is 24.6 Å². The van der Waals surface area contributed by atoms with Gasteiger partial charge in [0.1, 0.15) is 0 Å². The summed E-state index contributed by atoms with van der Waals surface area (Å²) >= 11 is 0. The average molecular weight is 214 g/mol. The van der Waals surface area contributed by atoms with Gasteiger partial charge in [0.05, 0.1) is 0 Å². The number of carbonyl (C=O) groups excluding carboxylic acids is 1. The monoisotopic (exact) mass is 214 g/mol. The van der Waals surface area contributed by atoms with Crippen LogP contribution < -0.4 is 0 Å². The Morgan fingerprint density at radius 2 is 2.25 bits per heavy atom. The summed E-state index contributed by atoms with van der Waals surface area (Å²) in [5.74, 6) is 2.22. The van der Waals surface area contributed by atoms with Crippen LogP contribution in [0.5, 0.6) is 0 Å². The molecule has 0 N–H and O–H groups in total. The second-order valence-electron chi connectivity index (χ2n) is 6.24. The fourth-order valence-corrected chi connectivity index (χ4v) is 4.94. The van der Waals surface area contributed by atoms with Crippen molar-refractivity contribution in [3.63, 3.8) is 0 Å². The number of hydrogen-bond acceptors (Lipinski definition) is 1. The highest BCUT2D eigenvalue weighted by Crippen LogP contribution is 2.66. The molecule has 4 aliphatic rings. The van der Waals surface area contributed by atoms with E-state index in [9.17, 15) is 4.79 Å². The van der Waals surface area contributed by atoms with Crippen LogP contribution in [0.15, 0.2) is 23.3 Å². The van der Waals surface area contributed by atoms with Crippen molar-refractivity contribution in [3.8, 4) is 0 Å². The molecule has 4 atom stereocenters. The zero-order chi connectivity index (χ0) is 10.9. The highest BCUT2D eigenvalue weighted by molar-refractivity contribution is 6.02. The van der Waals surface area contributed by atoms with Gasteiger partial charge in [0.25, 0.3) is 0 Å². The maximum absolute atomic E-state index is 12.2. The molecule has 0 aromatic rings. The Kier molecular flexibility index (Phi) is 1.55. The Morgan fingerprint density at radius 3 is 3.12 bits per heavy atom. The van der Waals surface area contributed by atoms with Crippen molar-refractivity contribution in [1.82, 2.24) is 0 Å². The third kappa shape index (κ3) is 0.837. The second kappa shape index (κ2) is 2.69. The SMILES string of the molecule is C[C@H]1CC2=C(C1=O)[C@@H]1CC[C@H]3CC=C[C@]31C2. The van der Waals surface area contributed by atoms with Gasteiger partial charge in [-0.2, -0.15) is 0 Å². The van der Waals surface area contributed by atoms with Crippen LogP contribution >= 0.6 is 0 Å². The van der Waals surface area contributed by atoms with Crippen molar-refractivity contribution in [1.29, 1.82) is 0 Å². The van der Waals surface area contributed by atoms with Crippen molar-refractivity contribution in [2.45, 2.75) is 39.0 Å². The van der Waals surface area contributed by atoms with E-state index in [1.165, 1.54) is 36.8 Å². The van der Waals surface area contributed by atoms with Gasteiger partial charge in [0.15, 0.2) is 5.78 Å². The lowest BCUT2D eigenvalue weighted by atomic mass is 9.72. The van der Waals surface area contributed by atoms with Crippen molar-refractivity contribution in [2.75, 3.05) is 0 Å². The van der Waals surface area contributed by atoms with Crippen LogP contribution in [0.3, 0.4) is 0 Å². The molecular weight excluding hydrogens is 196 g/mol. The molecule has 1 nitrogen and oxygen atoms in total. The maximum Gasteiger partial charge on any atom is 0.162 e. The number of carbonyl (C=O) groups is 1. The number of Topliss-reactive ketones (excluding diaryl/α,β-unsaturated/α-hetero) is 1. The highest BCUT2D eigenvalue weighted by atomic mass is 16.1. The van der Waals surface area contributed by atoms with Gasteiger partial charge in [0, 0.05) is 11.3 Å². The Morgan fingerprint density at radius 1 is 1.38 bits per heavy atom. The minimum absolute atomic E-state index is 0.284. The molecule has 0 aromatic carbocycles. The molecule has 1 fully saturated rings. The number of hydrogen-bond donors (Lipinski definition) is 0. The van der Waals surface area contributed by atoms with Crippen LogP contribution in [0.2, 0.25) is 0 Å². The van der Waals surface area contributed by atoms with Gasteiger partial charge in [-0.15, -0.1) is 0 Å². The van der Waals surface area contributed by atoms with Crippen molar-refractivity contribution in [3.05, 3.63) is 23.3 Å². The maximum atomic E-state index is 12.2. The summed E-state index contributed by atoms with van der Waals surface area (Å²) < 4.78 is 0. The summed E-state index contributed by atoms with van der Waals surface area (Å²) in [5, 5.41) is 0. The first-order valence-electron chi connectivity index (χ1n) is 6.66. The number of fused-ring (bicyclic) bond motifs is 1. The number of rotatable bonds is 0. The Labute approximate surface area is 96.6 Å². The van der Waals surface area contributed by atoms with E-state index in [-0.39, 0.29) is 5.92 Å². The lowest BCUT2D eigenvalue weighted by Crippen LogP contribution is -2.27. The van der Waals surface area contributed by atoms with E-state index in [2.05, 4.69) is 19.1 Å². The van der Waals surface area contributed by atoms with E-state index in [1.807, 2.05) is 0 Å². The predicted octanol–water partition coefficient (Wildman–Crippen LogP) is 3.27. The van der Waals surface area contributed by atoms with Crippen LogP contribution in [0.1, 0.15) is 39.0 Å². The number of allylic oxidation sites excluding steroid dienone is 4. The molecule has 0 saturated heterocycles. The predicted molar refractivity (Wildman–Crippen MR) is 62.8 cm³/mol. The molecule has 0 unspecified atom stereocenters. The summed E-state index contributed by atoms with van der Waals surface area (Å²) in [5.41, 5.74) is 3.21. The molecule has 4 rings (SSSR count). The highest BCUT2D eigenvalue weighted by Gasteiger charge is 2.58. The summed E-state index contributed by atoms with van der Waals surface area (Å²) in [6.45, 7) is 2.10. The first-order valence-corrected chi connectivity index (χ1v) is 6.66. The van der Waals surface area contributed by atoms with Gasteiger partial charge < -0.3 is 0 Å². The third-order valence-corrected chi connectivity index (χ3v) is 5.58. The quantitative estimate of drug-likeness (QED) is 0.566. The van der Waals surface area contributed by atoms with Crippen molar-refractivity contribution in [2.24, 2.45) is 23.2 Å². The third-order valence-electron chi connectivity index (χ3n) is 5.58. The zero-order valence-electron chi connectivity index (χ0n) is 9.83. The largest absolute Gasteiger partial charge is 0.294 e. The van der Waals surface area contributed by atoms with Crippen LogP contribution in [0.4, 0.5) is 0 Å². The average Bonchev–Trinajstić information content (AvgIpc) is 2.88. The van der Waals surface area contributed by atoms with E-state index in [1.54, 1.807) is 0 Å². The Bertz CT molecular complexity index is 442. The molecule has 0 heterocycles. The van der Waals surface area contributed by atoms with Crippen LogP contribution in [0, 0.1) is 23.2 Å².